The highest BCUT2D eigenvalue weighted by molar-refractivity contribution is 7.99. The fraction of sp³-hybridized carbons (Fsp3) is 0.263. The zero-order valence-corrected chi connectivity index (χ0v) is 16.1. The van der Waals surface area contributed by atoms with Crippen molar-refractivity contribution in [3.05, 3.63) is 48.8 Å². The molecule has 0 aliphatic carbocycles. The number of amides is 1. The smallest absolute Gasteiger partial charge is 0.234 e. The normalized spacial score (nSPS) is 10.6. The number of rotatable bonds is 8. The third kappa shape index (κ3) is 4.65. The zero-order valence-electron chi connectivity index (χ0n) is 15.3. The molecule has 0 fully saturated rings. The number of carbonyl (C=O) groups is 1. The van der Waals surface area contributed by atoms with Crippen molar-refractivity contribution in [2.24, 2.45) is 0 Å². The molecule has 140 valence electrons. The number of ether oxygens (including phenoxy) is 1. The SMILES string of the molecule is CCCn1c(SCC(=O)Nc2ccccc2OC)nnc1-c1cccnc1. The van der Waals surface area contributed by atoms with E-state index in [0.717, 1.165) is 24.4 Å². The van der Waals surface area contributed by atoms with Crippen LogP contribution >= 0.6 is 11.8 Å². The van der Waals surface area contributed by atoms with E-state index in [-0.39, 0.29) is 11.7 Å². The molecule has 0 radical (unpaired) electrons. The maximum absolute atomic E-state index is 12.3. The van der Waals surface area contributed by atoms with Crippen LogP contribution in [0, 0.1) is 0 Å². The quantitative estimate of drug-likeness (QED) is 0.600. The summed E-state index contributed by atoms with van der Waals surface area (Å²) >= 11 is 1.36. The van der Waals surface area contributed by atoms with Crippen LogP contribution < -0.4 is 10.1 Å². The van der Waals surface area contributed by atoms with Crippen LogP contribution in [-0.2, 0) is 11.3 Å². The van der Waals surface area contributed by atoms with Crippen molar-refractivity contribution < 1.29 is 9.53 Å². The highest BCUT2D eigenvalue weighted by Crippen LogP contribution is 2.26. The number of hydrogen-bond donors (Lipinski definition) is 1. The van der Waals surface area contributed by atoms with Gasteiger partial charge in [-0.2, -0.15) is 0 Å². The summed E-state index contributed by atoms with van der Waals surface area (Å²) in [4.78, 5) is 16.5. The van der Waals surface area contributed by atoms with Gasteiger partial charge in [-0.05, 0) is 30.7 Å². The first-order chi connectivity index (χ1) is 13.2. The second-order valence-electron chi connectivity index (χ2n) is 5.74. The van der Waals surface area contributed by atoms with Crippen LogP contribution in [0.3, 0.4) is 0 Å². The molecule has 1 N–H and O–H groups in total. The number of pyridine rings is 1. The summed E-state index contributed by atoms with van der Waals surface area (Å²) in [5.74, 6) is 1.49. The van der Waals surface area contributed by atoms with E-state index in [1.54, 1.807) is 25.6 Å². The zero-order chi connectivity index (χ0) is 19.1. The van der Waals surface area contributed by atoms with Crippen LogP contribution in [0.25, 0.3) is 11.4 Å². The van der Waals surface area contributed by atoms with Gasteiger partial charge in [-0.25, -0.2) is 0 Å². The Hall–Kier alpha value is -2.87. The molecule has 0 unspecified atom stereocenters. The van der Waals surface area contributed by atoms with Crippen LogP contribution in [0.1, 0.15) is 13.3 Å². The molecule has 1 amide bonds. The number of hydrogen-bond acceptors (Lipinski definition) is 6. The number of aromatic nitrogens is 4. The first kappa shape index (κ1) is 18.9. The molecule has 1 aromatic carbocycles. The van der Waals surface area contributed by atoms with Gasteiger partial charge in [0, 0.05) is 24.5 Å². The third-order valence-corrected chi connectivity index (χ3v) is 4.76. The largest absolute Gasteiger partial charge is 0.495 e. The van der Waals surface area contributed by atoms with Crippen LogP contribution in [0.2, 0.25) is 0 Å². The summed E-state index contributed by atoms with van der Waals surface area (Å²) in [5, 5.41) is 12.1. The molecule has 0 aliphatic rings. The van der Waals surface area contributed by atoms with Crippen molar-refractivity contribution in [1.82, 2.24) is 19.7 Å². The highest BCUT2D eigenvalue weighted by atomic mass is 32.2. The number of benzene rings is 1. The van der Waals surface area contributed by atoms with Gasteiger partial charge in [0.1, 0.15) is 5.75 Å². The van der Waals surface area contributed by atoms with Gasteiger partial charge in [-0.15, -0.1) is 10.2 Å². The van der Waals surface area contributed by atoms with Gasteiger partial charge in [0.2, 0.25) is 5.91 Å². The lowest BCUT2D eigenvalue weighted by molar-refractivity contribution is -0.113. The molecule has 0 aliphatic heterocycles. The summed E-state index contributed by atoms with van der Waals surface area (Å²) in [6.45, 7) is 2.86. The monoisotopic (exact) mass is 383 g/mol. The molecule has 2 aromatic heterocycles. The fourth-order valence-corrected chi connectivity index (χ4v) is 3.36. The van der Waals surface area contributed by atoms with Crippen LogP contribution in [0.4, 0.5) is 5.69 Å². The van der Waals surface area contributed by atoms with Crippen molar-refractivity contribution in [2.45, 2.75) is 25.0 Å². The molecule has 3 aromatic rings. The van der Waals surface area contributed by atoms with Crippen molar-refractivity contribution >= 4 is 23.4 Å². The Morgan fingerprint density at radius 2 is 2.07 bits per heavy atom. The first-order valence-corrected chi connectivity index (χ1v) is 9.60. The Labute approximate surface area is 162 Å². The van der Waals surface area contributed by atoms with Crippen molar-refractivity contribution in [1.29, 1.82) is 0 Å². The Morgan fingerprint density at radius 3 is 2.81 bits per heavy atom. The average Bonchev–Trinajstić information content (AvgIpc) is 3.10. The number of thioether (sulfide) groups is 1. The summed E-state index contributed by atoms with van der Waals surface area (Å²) in [6, 6.07) is 11.1. The second kappa shape index (κ2) is 9.18. The predicted octanol–water partition coefficient (Wildman–Crippen LogP) is 3.49. The molecule has 27 heavy (non-hydrogen) atoms. The molecule has 0 spiro atoms. The number of para-hydroxylation sites is 2. The van der Waals surface area contributed by atoms with E-state index < -0.39 is 0 Å². The molecule has 3 rings (SSSR count). The number of anilines is 1. The molecule has 7 nitrogen and oxygen atoms in total. The van der Waals surface area contributed by atoms with Crippen molar-refractivity contribution in [2.75, 3.05) is 18.2 Å². The molecular weight excluding hydrogens is 362 g/mol. The van der Waals surface area contributed by atoms with Crippen molar-refractivity contribution in [3.63, 3.8) is 0 Å². The Morgan fingerprint density at radius 1 is 1.22 bits per heavy atom. The Balaban J connectivity index is 1.70. The fourth-order valence-electron chi connectivity index (χ4n) is 2.59. The van der Waals surface area contributed by atoms with Gasteiger partial charge in [0.25, 0.3) is 0 Å². The topological polar surface area (TPSA) is 81.9 Å². The first-order valence-electron chi connectivity index (χ1n) is 8.62. The summed E-state index contributed by atoms with van der Waals surface area (Å²) in [5.41, 5.74) is 1.56. The van der Waals surface area contributed by atoms with Gasteiger partial charge < -0.3 is 14.6 Å². The summed E-state index contributed by atoms with van der Waals surface area (Å²) in [7, 11) is 1.58. The Bertz CT molecular complexity index is 898. The van der Waals surface area contributed by atoms with E-state index >= 15 is 0 Å². The summed E-state index contributed by atoms with van der Waals surface area (Å²) < 4.78 is 7.28. The number of nitrogens with zero attached hydrogens (tertiary/aromatic N) is 4. The number of nitrogens with one attached hydrogen (secondary N) is 1. The van der Waals surface area contributed by atoms with Gasteiger partial charge in [-0.1, -0.05) is 30.8 Å². The molecule has 8 heteroatoms. The van der Waals surface area contributed by atoms with E-state index in [1.807, 2.05) is 34.9 Å². The molecular formula is C19H21N5O2S. The minimum Gasteiger partial charge on any atom is -0.495 e. The van der Waals surface area contributed by atoms with E-state index in [9.17, 15) is 4.79 Å². The van der Waals surface area contributed by atoms with E-state index in [4.69, 9.17) is 4.74 Å². The standard InChI is InChI=1S/C19H21N5O2S/c1-3-11-24-18(14-7-6-10-20-12-14)22-23-19(24)27-13-17(25)21-15-8-4-5-9-16(15)26-2/h4-10,12H,3,11,13H2,1-2H3,(H,21,25). The number of carbonyl (C=O) groups excluding carboxylic acids is 1. The van der Waals surface area contributed by atoms with Gasteiger partial charge in [0.15, 0.2) is 11.0 Å². The van der Waals surface area contributed by atoms with Gasteiger partial charge >= 0.3 is 0 Å². The van der Waals surface area contributed by atoms with Gasteiger partial charge in [-0.3, -0.25) is 9.78 Å². The predicted molar refractivity (Wildman–Crippen MR) is 106 cm³/mol. The Kier molecular flexibility index (Phi) is 6.43. The lowest BCUT2D eigenvalue weighted by atomic mass is 10.2. The number of methoxy groups -OCH3 is 1. The average molecular weight is 383 g/mol. The van der Waals surface area contributed by atoms with E-state index in [2.05, 4.69) is 27.4 Å². The van der Waals surface area contributed by atoms with Crippen molar-refractivity contribution in [3.8, 4) is 17.1 Å². The molecule has 0 atom stereocenters. The molecule has 2 heterocycles. The highest BCUT2D eigenvalue weighted by Gasteiger charge is 2.16. The minimum absolute atomic E-state index is 0.126. The molecule has 0 saturated carbocycles. The maximum Gasteiger partial charge on any atom is 0.234 e. The summed E-state index contributed by atoms with van der Waals surface area (Å²) in [6.07, 6.45) is 4.42. The lowest BCUT2D eigenvalue weighted by Gasteiger charge is -2.10. The maximum atomic E-state index is 12.3. The lowest BCUT2D eigenvalue weighted by Crippen LogP contribution is -2.15. The molecule has 0 saturated heterocycles. The van der Waals surface area contributed by atoms with Crippen LogP contribution in [0.5, 0.6) is 5.75 Å². The second-order valence-corrected chi connectivity index (χ2v) is 6.68. The van der Waals surface area contributed by atoms with E-state index in [0.29, 0.717) is 16.6 Å². The third-order valence-electron chi connectivity index (χ3n) is 3.80. The molecule has 0 bridgehead atoms. The van der Waals surface area contributed by atoms with Crippen LogP contribution in [-0.4, -0.2) is 38.5 Å². The minimum atomic E-state index is -0.126. The van der Waals surface area contributed by atoms with Gasteiger partial charge in [0.05, 0.1) is 18.6 Å². The van der Waals surface area contributed by atoms with E-state index in [1.165, 1.54) is 11.8 Å². The van der Waals surface area contributed by atoms with Crippen LogP contribution in [0.15, 0.2) is 53.9 Å².